The predicted octanol–water partition coefficient (Wildman–Crippen LogP) is 0.177. The Hall–Kier alpha value is -1.91. The number of hydrogen-bond acceptors (Lipinski definition) is 5. The van der Waals surface area contributed by atoms with Crippen molar-refractivity contribution in [3.05, 3.63) is 36.0 Å². The van der Waals surface area contributed by atoms with Gasteiger partial charge >= 0.3 is 0 Å². The zero-order chi connectivity index (χ0) is 15.8. The monoisotopic (exact) mass is 330 g/mol. The number of sulfonamides is 2. The van der Waals surface area contributed by atoms with E-state index in [-0.39, 0.29) is 15.6 Å². The van der Waals surface area contributed by atoms with Crippen LogP contribution in [0.25, 0.3) is 0 Å². The highest BCUT2D eigenvalue weighted by Gasteiger charge is 2.20. The van der Waals surface area contributed by atoms with Crippen LogP contribution in [0.2, 0.25) is 0 Å². The van der Waals surface area contributed by atoms with E-state index in [9.17, 15) is 16.8 Å². The van der Waals surface area contributed by atoms with E-state index < -0.39 is 20.0 Å². The maximum absolute atomic E-state index is 12.2. The molecule has 2 aromatic rings. The van der Waals surface area contributed by atoms with Crippen LogP contribution in [0.5, 0.6) is 0 Å². The second-order valence-corrected chi connectivity index (χ2v) is 7.61. The molecule has 2 rings (SSSR count). The van der Waals surface area contributed by atoms with Crippen LogP contribution in [0, 0.1) is 6.92 Å². The minimum atomic E-state index is -3.91. The molecule has 1 aromatic carbocycles. The summed E-state index contributed by atoms with van der Waals surface area (Å²) in [6.45, 7) is 1.65. The number of rotatable bonds is 4. The summed E-state index contributed by atoms with van der Waals surface area (Å²) < 4.78 is 50.7. The minimum Gasteiger partial charge on any atom is -0.278 e. The third-order valence-corrected chi connectivity index (χ3v) is 5.18. The number of hydrogen-bond donors (Lipinski definition) is 2. The molecular weight excluding hydrogens is 316 g/mol. The highest BCUT2D eigenvalue weighted by atomic mass is 32.2. The van der Waals surface area contributed by atoms with Gasteiger partial charge in [0.05, 0.1) is 16.8 Å². The average molecular weight is 330 g/mol. The van der Waals surface area contributed by atoms with E-state index >= 15 is 0 Å². The van der Waals surface area contributed by atoms with E-state index in [1.54, 1.807) is 6.92 Å². The molecule has 0 aliphatic heterocycles. The number of nitrogens with two attached hydrogens (primary N) is 1. The van der Waals surface area contributed by atoms with E-state index in [0.29, 0.717) is 5.56 Å². The zero-order valence-electron chi connectivity index (χ0n) is 11.3. The summed E-state index contributed by atoms with van der Waals surface area (Å²) in [5, 5.41) is 8.79. The third kappa shape index (κ3) is 3.23. The maximum atomic E-state index is 12.2. The number of aromatic nitrogens is 2. The molecule has 114 valence electrons. The van der Waals surface area contributed by atoms with Gasteiger partial charge in [-0.2, -0.15) is 13.5 Å². The lowest BCUT2D eigenvalue weighted by molar-refractivity contribution is 0.581. The molecule has 0 fully saturated rings. The number of anilines is 1. The van der Waals surface area contributed by atoms with Crippen LogP contribution >= 0.6 is 0 Å². The second-order valence-electron chi connectivity index (χ2n) is 4.42. The molecule has 0 unspecified atom stereocenters. The first-order valence-electron chi connectivity index (χ1n) is 5.75. The summed E-state index contributed by atoms with van der Waals surface area (Å²) in [7, 11) is -6.29. The molecule has 10 heteroatoms. The van der Waals surface area contributed by atoms with Crippen LogP contribution in [0.15, 0.2) is 40.4 Å². The van der Waals surface area contributed by atoms with Gasteiger partial charge in [-0.15, -0.1) is 0 Å². The van der Waals surface area contributed by atoms with Crippen LogP contribution in [-0.2, 0) is 27.1 Å². The molecule has 0 saturated heterocycles. The first-order valence-corrected chi connectivity index (χ1v) is 8.78. The van der Waals surface area contributed by atoms with Crippen molar-refractivity contribution in [2.75, 3.05) is 4.72 Å². The quantitative estimate of drug-likeness (QED) is 0.827. The summed E-state index contributed by atoms with van der Waals surface area (Å²) >= 11 is 0. The van der Waals surface area contributed by atoms with Crippen LogP contribution in [0.1, 0.15) is 5.56 Å². The highest BCUT2D eigenvalue weighted by Crippen LogP contribution is 2.22. The van der Waals surface area contributed by atoms with Gasteiger partial charge in [0.15, 0.2) is 5.03 Å². The third-order valence-electron chi connectivity index (χ3n) is 2.83. The first kappa shape index (κ1) is 15.5. The Morgan fingerprint density at radius 3 is 2.38 bits per heavy atom. The number of primary sulfonamides is 1. The zero-order valence-corrected chi connectivity index (χ0v) is 12.9. The van der Waals surface area contributed by atoms with E-state index in [2.05, 4.69) is 9.82 Å². The number of benzene rings is 1. The standard InChI is InChI=1S/C11H14N4O4S2/c1-8-3-4-9(20(12,16)17)7-10(8)14-21(18,19)11-5-6-13-15(11)2/h3-7,14H,1-2H3,(H2,12,16,17). The molecule has 0 saturated carbocycles. The Morgan fingerprint density at radius 2 is 1.86 bits per heavy atom. The largest absolute Gasteiger partial charge is 0.279 e. The number of nitrogens with zero attached hydrogens (tertiary/aromatic N) is 2. The molecule has 0 atom stereocenters. The smallest absolute Gasteiger partial charge is 0.278 e. The summed E-state index contributed by atoms with van der Waals surface area (Å²) in [4.78, 5) is -0.171. The minimum absolute atomic E-state index is 0.0390. The average Bonchev–Trinajstić information content (AvgIpc) is 2.77. The van der Waals surface area contributed by atoms with Gasteiger partial charge in [-0.3, -0.25) is 9.40 Å². The number of nitrogens with one attached hydrogen (secondary N) is 1. The van der Waals surface area contributed by atoms with Crippen LogP contribution in [0.3, 0.4) is 0 Å². The fraction of sp³-hybridized carbons (Fsp3) is 0.182. The fourth-order valence-corrected chi connectivity index (χ4v) is 3.50. The van der Waals surface area contributed by atoms with E-state index in [0.717, 1.165) is 0 Å². The van der Waals surface area contributed by atoms with Crippen LogP contribution in [-0.4, -0.2) is 26.6 Å². The summed E-state index contributed by atoms with van der Waals surface area (Å²) in [6.07, 6.45) is 1.35. The molecule has 3 N–H and O–H groups in total. The molecule has 0 radical (unpaired) electrons. The number of aryl methyl sites for hydroxylation is 2. The van der Waals surface area contributed by atoms with E-state index in [1.807, 2.05) is 0 Å². The van der Waals surface area contributed by atoms with Crippen molar-refractivity contribution in [1.29, 1.82) is 0 Å². The van der Waals surface area contributed by atoms with Crippen molar-refractivity contribution in [1.82, 2.24) is 9.78 Å². The fourth-order valence-electron chi connectivity index (χ4n) is 1.71. The normalized spacial score (nSPS) is 12.3. The molecule has 8 nitrogen and oxygen atoms in total. The maximum Gasteiger partial charge on any atom is 0.279 e. The Labute approximate surface area is 122 Å². The molecule has 1 heterocycles. The van der Waals surface area contributed by atoms with Crippen molar-refractivity contribution in [2.45, 2.75) is 16.8 Å². The topological polar surface area (TPSA) is 124 Å². The van der Waals surface area contributed by atoms with Gasteiger partial charge in [0.1, 0.15) is 0 Å². The summed E-state index contributed by atoms with van der Waals surface area (Å²) in [5.41, 5.74) is 0.705. The van der Waals surface area contributed by atoms with Crippen molar-refractivity contribution >= 4 is 25.7 Å². The Morgan fingerprint density at radius 1 is 1.19 bits per heavy atom. The van der Waals surface area contributed by atoms with E-state index in [4.69, 9.17) is 5.14 Å². The molecule has 1 aromatic heterocycles. The van der Waals surface area contributed by atoms with Crippen LogP contribution < -0.4 is 9.86 Å². The molecule has 0 aliphatic carbocycles. The molecule has 0 spiro atoms. The van der Waals surface area contributed by atoms with Gasteiger partial charge in [0, 0.05) is 7.05 Å². The van der Waals surface area contributed by atoms with Gasteiger partial charge in [0.2, 0.25) is 10.0 Å². The van der Waals surface area contributed by atoms with Gasteiger partial charge in [-0.1, -0.05) is 6.07 Å². The Balaban J connectivity index is 2.47. The lowest BCUT2D eigenvalue weighted by Gasteiger charge is -2.11. The van der Waals surface area contributed by atoms with Gasteiger partial charge < -0.3 is 0 Å². The molecule has 0 amide bonds. The van der Waals surface area contributed by atoms with Crippen molar-refractivity contribution in [2.24, 2.45) is 12.2 Å². The second kappa shape index (κ2) is 5.13. The predicted molar refractivity (Wildman–Crippen MR) is 76.6 cm³/mol. The van der Waals surface area contributed by atoms with Gasteiger partial charge in [-0.05, 0) is 30.7 Å². The highest BCUT2D eigenvalue weighted by molar-refractivity contribution is 7.92. The summed E-state index contributed by atoms with van der Waals surface area (Å²) in [6, 6.07) is 5.30. The van der Waals surface area contributed by atoms with E-state index in [1.165, 1.54) is 42.2 Å². The Kier molecular flexibility index (Phi) is 3.78. The lowest BCUT2D eigenvalue weighted by Crippen LogP contribution is -2.18. The SMILES string of the molecule is Cc1ccc(S(N)(=O)=O)cc1NS(=O)(=O)c1ccnn1C. The van der Waals surface area contributed by atoms with Crippen LogP contribution in [0.4, 0.5) is 5.69 Å². The molecular formula is C11H14N4O4S2. The first-order chi connectivity index (χ1) is 9.61. The van der Waals surface area contributed by atoms with Crippen molar-refractivity contribution in [3.63, 3.8) is 0 Å². The van der Waals surface area contributed by atoms with Gasteiger partial charge in [-0.25, -0.2) is 13.6 Å². The molecule has 21 heavy (non-hydrogen) atoms. The van der Waals surface area contributed by atoms with Gasteiger partial charge in [0.25, 0.3) is 10.0 Å². The Bertz CT molecular complexity index is 885. The summed E-state index contributed by atoms with van der Waals surface area (Å²) in [5.74, 6) is 0. The van der Waals surface area contributed by atoms with Crippen molar-refractivity contribution < 1.29 is 16.8 Å². The molecule has 0 bridgehead atoms. The van der Waals surface area contributed by atoms with Crippen molar-refractivity contribution in [3.8, 4) is 0 Å². The molecule has 0 aliphatic rings. The lowest BCUT2D eigenvalue weighted by atomic mass is 10.2.